The number of quaternary nitrogens is 1. The first-order chi connectivity index (χ1) is 16.4. The highest BCUT2D eigenvalue weighted by molar-refractivity contribution is 5.85. The fourth-order valence-electron chi connectivity index (χ4n) is 5.59. The third kappa shape index (κ3) is 3.66. The van der Waals surface area contributed by atoms with Gasteiger partial charge < -0.3 is 24.5 Å². The van der Waals surface area contributed by atoms with Gasteiger partial charge in [0, 0.05) is 30.5 Å². The molecule has 3 fully saturated rings. The zero-order valence-corrected chi connectivity index (χ0v) is 18.6. The number of primary amides is 1. The first-order valence-electron chi connectivity index (χ1n) is 11.4. The van der Waals surface area contributed by atoms with E-state index < -0.39 is 29.6 Å². The monoisotopic (exact) mass is 463 g/mol. The highest BCUT2D eigenvalue weighted by Crippen LogP contribution is 2.43. The van der Waals surface area contributed by atoms with E-state index in [-0.39, 0.29) is 5.92 Å². The summed E-state index contributed by atoms with van der Waals surface area (Å²) < 4.78 is 11.6. The largest absolute Gasteiger partial charge is 0.472 e. The topological polar surface area (TPSA) is 129 Å². The van der Waals surface area contributed by atoms with E-state index in [1.165, 1.54) is 18.9 Å². The Kier molecular flexibility index (Phi) is 5.66. The van der Waals surface area contributed by atoms with E-state index in [1.54, 1.807) is 42.6 Å². The molecule has 3 aliphatic heterocycles. The number of nitrogens with two attached hydrogens (primary N) is 1. The van der Waals surface area contributed by atoms with Crippen LogP contribution >= 0.6 is 0 Å². The van der Waals surface area contributed by atoms with Gasteiger partial charge in [-0.25, -0.2) is 14.8 Å². The molecule has 2 bridgehead atoms. The number of amides is 1. The fraction of sp³-hybridized carbons (Fsp3) is 0.360. The second kappa shape index (κ2) is 8.66. The maximum atomic E-state index is 13.6. The fourth-order valence-corrected chi connectivity index (χ4v) is 5.59. The second-order valence-electron chi connectivity index (χ2n) is 9.16. The van der Waals surface area contributed by atoms with E-state index in [4.69, 9.17) is 14.9 Å². The number of benzene rings is 1. The van der Waals surface area contributed by atoms with Crippen LogP contribution in [0.15, 0.2) is 71.9 Å². The molecule has 2 unspecified atom stereocenters. The van der Waals surface area contributed by atoms with Crippen LogP contribution in [0, 0.1) is 5.92 Å². The minimum atomic E-state index is -2.01. The summed E-state index contributed by atoms with van der Waals surface area (Å²) in [5, 5.41) is 11.6. The van der Waals surface area contributed by atoms with Crippen molar-refractivity contribution in [2.24, 2.45) is 11.7 Å². The number of aromatic nitrogens is 2. The third-order valence-electron chi connectivity index (χ3n) is 7.35. The molecule has 3 atom stereocenters. The molecule has 6 rings (SSSR count). The Hall–Kier alpha value is -3.56. The number of carbonyl (C=O) groups excluding carboxylic acids is 2. The first kappa shape index (κ1) is 22.2. The molecule has 0 spiro atoms. The number of ether oxygens (including phenoxy) is 1. The van der Waals surface area contributed by atoms with Gasteiger partial charge in [-0.15, -0.1) is 0 Å². The standard InChI is InChI=1S/C25H26N4O5/c26-23(30)22(20-6-10-27-16-28-20)29-11-7-17(8-12-29)21(14-29)34-24(31)25(32,19-9-13-33-15-19)18-4-2-1-3-5-18/h1-6,9-10,13,15-17,21-22,32H,7-8,11-12,14H2,(H-,26,30)/p+1/t17?,21-,22?,25?,29?/m0/s1. The average Bonchev–Trinajstić information content (AvgIpc) is 3.41. The molecule has 5 heterocycles. The molecule has 2 aromatic heterocycles. The Morgan fingerprint density at radius 2 is 1.91 bits per heavy atom. The van der Waals surface area contributed by atoms with Gasteiger partial charge in [0.1, 0.15) is 18.6 Å². The van der Waals surface area contributed by atoms with E-state index >= 15 is 0 Å². The van der Waals surface area contributed by atoms with Crippen molar-refractivity contribution in [2.75, 3.05) is 19.6 Å². The summed E-state index contributed by atoms with van der Waals surface area (Å²) in [5.41, 5.74) is 5.10. The van der Waals surface area contributed by atoms with Gasteiger partial charge in [-0.05, 0) is 17.7 Å². The summed E-state index contributed by atoms with van der Waals surface area (Å²) in [6, 6.07) is 11.3. The predicted octanol–water partition coefficient (Wildman–Crippen LogP) is 1.68. The number of hydrogen-bond donors (Lipinski definition) is 2. The highest BCUT2D eigenvalue weighted by Gasteiger charge is 2.55. The zero-order chi connectivity index (χ0) is 23.8. The summed E-state index contributed by atoms with van der Waals surface area (Å²) in [7, 11) is 0. The second-order valence-corrected chi connectivity index (χ2v) is 9.16. The third-order valence-corrected chi connectivity index (χ3v) is 7.35. The van der Waals surface area contributed by atoms with Crippen molar-refractivity contribution < 1.29 is 28.3 Å². The molecule has 9 nitrogen and oxygen atoms in total. The Balaban J connectivity index is 1.45. The van der Waals surface area contributed by atoms with Gasteiger partial charge in [0.15, 0.2) is 6.10 Å². The van der Waals surface area contributed by atoms with Gasteiger partial charge in [0.05, 0.1) is 25.6 Å². The molecule has 1 amide bonds. The number of furan rings is 1. The molecule has 9 heteroatoms. The SMILES string of the molecule is NC(=O)C(c1ccncn1)[N+]12CCC(CC1)[C@@H](OC(=O)C(O)(c1ccccc1)c1ccoc1)C2. The van der Waals surface area contributed by atoms with Crippen molar-refractivity contribution in [2.45, 2.75) is 30.6 Å². The van der Waals surface area contributed by atoms with Gasteiger partial charge >= 0.3 is 5.97 Å². The number of esters is 1. The lowest BCUT2D eigenvalue weighted by Crippen LogP contribution is -2.67. The zero-order valence-electron chi connectivity index (χ0n) is 18.6. The molecule has 3 aliphatic rings. The lowest BCUT2D eigenvalue weighted by molar-refractivity contribution is -0.965. The number of carbonyl (C=O) groups is 2. The molecule has 0 saturated carbocycles. The maximum absolute atomic E-state index is 13.6. The van der Waals surface area contributed by atoms with Crippen LogP contribution in [0.5, 0.6) is 0 Å². The summed E-state index contributed by atoms with van der Waals surface area (Å²) in [5.74, 6) is -1.09. The normalized spacial score (nSPS) is 26.4. The Bertz CT molecular complexity index is 1150. The average molecular weight is 464 g/mol. The van der Waals surface area contributed by atoms with Crippen LogP contribution in [-0.4, -0.2) is 57.2 Å². The Labute approximate surface area is 196 Å². The number of rotatable bonds is 7. The minimum absolute atomic E-state index is 0.146. The van der Waals surface area contributed by atoms with Crippen LogP contribution in [0.3, 0.4) is 0 Å². The summed E-state index contributed by atoms with van der Waals surface area (Å²) in [6.07, 6.45) is 6.84. The highest BCUT2D eigenvalue weighted by atomic mass is 16.6. The summed E-state index contributed by atoms with van der Waals surface area (Å²) >= 11 is 0. The molecular formula is C25H27N4O5+. The first-order valence-corrected chi connectivity index (χ1v) is 11.4. The van der Waals surface area contributed by atoms with Crippen LogP contribution in [0.25, 0.3) is 0 Å². The molecule has 3 N–H and O–H groups in total. The molecular weight excluding hydrogens is 436 g/mol. The van der Waals surface area contributed by atoms with E-state index in [2.05, 4.69) is 9.97 Å². The van der Waals surface area contributed by atoms with Gasteiger partial charge in [0.25, 0.3) is 5.91 Å². The molecule has 0 aliphatic carbocycles. The van der Waals surface area contributed by atoms with Crippen LogP contribution in [0.1, 0.15) is 35.7 Å². The van der Waals surface area contributed by atoms with Crippen LogP contribution in [0.2, 0.25) is 0 Å². The van der Waals surface area contributed by atoms with Crippen LogP contribution < -0.4 is 5.73 Å². The smallest absolute Gasteiger partial charge is 0.348 e. The molecule has 0 radical (unpaired) electrons. The van der Waals surface area contributed by atoms with E-state index in [0.29, 0.717) is 27.8 Å². The Morgan fingerprint density at radius 3 is 2.53 bits per heavy atom. The van der Waals surface area contributed by atoms with E-state index in [9.17, 15) is 14.7 Å². The van der Waals surface area contributed by atoms with Crippen molar-refractivity contribution in [3.05, 3.63) is 84.3 Å². The molecule has 1 aromatic carbocycles. The van der Waals surface area contributed by atoms with Crippen molar-refractivity contribution in [3.63, 3.8) is 0 Å². The number of fused-ring (bicyclic) bond motifs is 3. The van der Waals surface area contributed by atoms with Gasteiger partial charge in [-0.3, -0.25) is 4.79 Å². The number of aliphatic hydroxyl groups is 1. The molecule has 3 saturated heterocycles. The minimum Gasteiger partial charge on any atom is -0.472 e. The number of hydrogen-bond acceptors (Lipinski definition) is 7. The van der Waals surface area contributed by atoms with Gasteiger partial charge in [-0.1, -0.05) is 30.3 Å². The van der Waals surface area contributed by atoms with Crippen molar-refractivity contribution in [1.29, 1.82) is 0 Å². The van der Waals surface area contributed by atoms with Crippen LogP contribution in [0.4, 0.5) is 0 Å². The lowest BCUT2D eigenvalue weighted by Gasteiger charge is -2.54. The van der Waals surface area contributed by atoms with Crippen molar-refractivity contribution in [3.8, 4) is 0 Å². The summed E-state index contributed by atoms with van der Waals surface area (Å²) in [4.78, 5) is 34.4. The lowest BCUT2D eigenvalue weighted by atomic mass is 9.80. The van der Waals surface area contributed by atoms with Crippen molar-refractivity contribution >= 4 is 11.9 Å². The number of nitrogens with zero attached hydrogens (tertiary/aromatic N) is 3. The summed E-state index contributed by atoms with van der Waals surface area (Å²) in [6.45, 7) is 1.90. The number of piperidine rings is 3. The van der Waals surface area contributed by atoms with E-state index in [1.807, 2.05) is 6.07 Å². The van der Waals surface area contributed by atoms with E-state index in [0.717, 1.165) is 25.9 Å². The van der Waals surface area contributed by atoms with Crippen molar-refractivity contribution in [1.82, 2.24) is 9.97 Å². The van der Waals surface area contributed by atoms with Gasteiger partial charge in [0.2, 0.25) is 11.6 Å². The van der Waals surface area contributed by atoms with Gasteiger partial charge in [-0.2, -0.15) is 0 Å². The van der Waals surface area contributed by atoms with Crippen LogP contribution in [-0.2, 0) is 19.9 Å². The maximum Gasteiger partial charge on any atom is 0.348 e. The quantitative estimate of drug-likeness (QED) is 0.403. The Morgan fingerprint density at radius 1 is 1.15 bits per heavy atom. The molecule has 176 valence electrons. The molecule has 3 aromatic rings. The molecule has 34 heavy (non-hydrogen) atoms. The predicted molar refractivity (Wildman–Crippen MR) is 120 cm³/mol.